The van der Waals surface area contributed by atoms with Gasteiger partial charge in [-0.2, -0.15) is 0 Å². The van der Waals surface area contributed by atoms with E-state index in [1.807, 2.05) is 43.3 Å². The largest absolute Gasteiger partial charge is 0.464 e. The number of hydrogen-bond donors (Lipinski definition) is 1. The van der Waals surface area contributed by atoms with Crippen LogP contribution >= 0.6 is 23.4 Å². The predicted octanol–water partition coefficient (Wildman–Crippen LogP) is 6.17. The maximum Gasteiger partial charge on any atom is 0.417 e. The van der Waals surface area contributed by atoms with Crippen LogP contribution < -0.4 is 0 Å². The van der Waals surface area contributed by atoms with Gasteiger partial charge >= 0.3 is 6.09 Å². The summed E-state index contributed by atoms with van der Waals surface area (Å²) in [6.45, 7) is 6.14. The summed E-state index contributed by atoms with van der Waals surface area (Å²) in [6, 6.07) is 13.8. The van der Waals surface area contributed by atoms with Crippen molar-refractivity contribution in [1.82, 2.24) is 9.55 Å². The van der Waals surface area contributed by atoms with Crippen molar-refractivity contribution in [1.29, 1.82) is 0 Å². The second-order valence-electron chi connectivity index (χ2n) is 6.81. The number of carbonyl (C=O) groups is 1. The van der Waals surface area contributed by atoms with Gasteiger partial charge < -0.3 is 5.11 Å². The van der Waals surface area contributed by atoms with Crippen LogP contribution in [0.15, 0.2) is 53.6 Å². The molecule has 1 aromatic heterocycles. The average molecular weight is 415 g/mol. The molecule has 3 rings (SSSR count). The van der Waals surface area contributed by atoms with Gasteiger partial charge in [0.2, 0.25) is 0 Å². The van der Waals surface area contributed by atoms with E-state index in [1.54, 1.807) is 18.0 Å². The molecule has 0 spiro atoms. The monoisotopic (exact) mass is 414 g/mol. The number of nitrogens with zero attached hydrogens (tertiary/aromatic N) is 2. The number of aryl methyl sites for hydroxylation is 2. The highest BCUT2D eigenvalue weighted by atomic mass is 35.5. The van der Waals surface area contributed by atoms with E-state index in [2.05, 4.69) is 24.9 Å². The van der Waals surface area contributed by atoms with Crippen LogP contribution in [0.25, 0.3) is 0 Å². The lowest BCUT2D eigenvalue weighted by atomic mass is 9.93. The normalized spacial score (nSPS) is 12.1. The number of aromatic nitrogens is 2. The molecule has 0 unspecified atom stereocenters. The molecule has 0 bridgehead atoms. The van der Waals surface area contributed by atoms with Crippen molar-refractivity contribution in [2.24, 2.45) is 0 Å². The van der Waals surface area contributed by atoms with E-state index in [1.165, 1.54) is 15.7 Å². The second-order valence-corrected chi connectivity index (χ2v) is 8.41. The van der Waals surface area contributed by atoms with Crippen molar-refractivity contribution < 1.29 is 9.90 Å². The third-order valence-electron chi connectivity index (χ3n) is 4.93. The van der Waals surface area contributed by atoms with Crippen molar-refractivity contribution in [3.05, 3.63) is 81.9 Å². The van der Waals surface area contributed by atoms with Gasteiger partial charge in [-0.3, -0.25) is 0 Å². The zero-order chi connectivity index (χ0) is 20.3. The summed E-state index contributed by atoms with van der Waals surface area (Å²) in [5, 5.41) is 10.4. The Kier molecular flexibility index (Phi) is 6.47. The highest BCUT2D eigenvalue weighted by Gasteiger charge is 2.21. The van der Waals surface area contributed by atoms with Gasteiger partial charge in [0.15, 0.2) is 0 Å². The van der Waals surface area contributed by atoms with E-state index in [0.29, 0.717) is 12.2 Å². The third kappa shape index (κ3) is 4.59. The first-order valence-electron chi connectivity index (χ1n) is 9.12. The Morgan fingerprint density at radius 3 is 2.61 bits per heavy atom. The standard InChI is InChI=1S/C22H23ClN2O2S/c1-14-5-4-6-20(15(14)2)16(3)21-24-18(13-25(21)22(26)27)11-12-28-19-9-7-17(23)8-10-19/h4-10,13,16H,11-12H2,1-3H3,(H,26,27)/t16-/m0/s1. The smallest absolute Gasteiger partial charge is 0.417 e. The van der Waals surface area contributed by atoms with E-state index in [0.717, 1.165) is 26.9 Å². The quantitative estimate of drug-likeness (QED) is 0.490. The van der Waals surface area contributed by atoms with E-state index >= 15 is 0 Å². The first-order valence-corrected chi connectivity index (χ1v) is 10.5. The minimum atomic E-state index is -1.00. The molecule has 0 aliphatic carbocycles. The summed E-state index contributed by atoms with van der Waals surface area (Å²) in [6.07, 6.45) is 1.33. The molecule has 0 amide bonds. The van der Waals surface area contributed by atoms with Crippen LogP contribution in [0.2, 0.25) is 5.02 Å². The van der Waals surface area contributed by atoms with Crippen molar-refractivity contribution in [3.63, 3.8) is 0 Å². The van der Waals surface area contributed by atoms with Gasteiger partial charge in [-0.25, -0.2) is 14.3 Å². The maximum absolute atomic E-state index is 11.8. The van der Waals surface area contributed by atoms with Gasteiger partial charge in [-0.15, -0.1) is 11.8 Å². The fraction of sp³-hybridized carbons (Fsp3) is 0.273. The molecule has 0 radical (unpaired) electrons. The van der Waals surface area contributed by atoms with Crippen LogP contribution in [0.4, 0.5) is 4.79 Å². The SMILES string of the molecule is Cc1cccc([C@H](C)c2nc(CCSc3ccc(Cl)cc3)cn2C(=O)O)c1C. The van der Waals surface area contributed by atoms with E-state index in [9.17, 15) is 9.90 Å². The number of benzene rings is 2. The Bertz CT molecular complexity index is 983. The predicted molar refractivity (Wildman–Crippen MR) is 115 cm³/mol. The molecule has 0 saturated carbocycles. The fourth-order valence-corrected chi connectivity index (χ4v) is 4.21. The van der Waals surface area contributed by atoms with Crippen LogP contribution in [0.5, 0.6) is 0 Å². The number of thioether (sulfide) groups is 1. The number of halogens is 1. The van der Waals surface area contributed by atoms with Crippen molar-refractivity contribution in [3.8, 4) is 0 Å². The lowest BCUT2D eigenvalue weighted by molar-refractivity contribution is 0.195. The molecule has 4 nitrogen and oxygen atoms in total. The lowest BCUT2D eigenvalue weighted by Gasteiger charge is -2.16. The summed E-state index contributed by atoms with van der Waals surface area (Å²) in [5.74, 6) is 1.27. The Morgan fingerprint density at radius 1 is 1.21 bits per heavy atom. The van der Waals surface area contributed by atoms with Crippen LogP contribution in [0.1, 0.15) is 41.1 Å². The topological polar surface area (TPSA) is 55.1 Å². The Balaban J connectivity index is 1.78. The molecule has 3 aromatic rings. The van der Waals surface area contributed by atoms with Crippen LogP contribution in [0.3, 0.4) is 0 Å². The maximum atomic E-state index is 11.8. The molecule has 1 N–H and O–H groups in total. The molecule has 0 fully saturated rings. The molecule has 0 aliphatic heterocycles. The van der Waals surface area contributed by atoms with Gasteiger partial charge in [0.1, 0.15) is 5.82 Å². The lowest BCUT2D eigenvalue weighted by Crippen LogP contribution is -2.14. The second kappa shape index (κ2) is 8.84. The molecule has 28 heavy (non-hydrogen) atoms. The molecule has 0 aliphatic rings. The van der Waals surface area contributed by atoms with Crippen LogP contribution in [-0.2, 0) is 6.42 Å². The van der Waals surface area contributed by atoms with Crippen LogP contribution in [-0.4, -0.2) is 26.5 Å². The first-order chi connectivity index (χ1) is 13.4. The van der Waals surface area contributed by atoms with Crippen molar-refractivity contribution in [2.75, 3.05) is 5.75 Å². The Hall–Kier alpha value is -2.24. The molecule has 6 heteroatoms. The minimum absolute atomic E-state index is 0.103. The van der Waals surface area contributed by atoms with E-state index in [4.69, 9.17) is 11.6 Å². The van der Waals surface area contributed by atoms with Gasteiger partial charge in [0, 0.05) is 34.2 Å². The van der Waals surface area contributed by atoms with Gasteiger partial charge in [-0.1, -0.05) is 36.7 Å². The average Bonchev–Trinajstić information content (AvgIpc) is 3.10. The molecule has 0 saturated heterocycles. The number of hydrogen-bond acceptors (Lipinski definition) is 3. The summed E-state index contributed by atoms with van der Waals surface area (Å²) >= 11 is 7.62. The summed E-state index contributed by atoms with van der Waals surface area (Å²) < 4.78 is 1.26. The zero-order valence-electron chi connectivity index (χ0n) is 16.1. The van der Waals surface area contributed by atoms with E-state index < -0.39 is 6.09 Å². The minimum Gasteiger partial charge on any atom is -0.464 e. The molecule has 146 valence electrons. The number of imidazole rings is 1. The third-order valence-corrected chi connectivity index (χ3v) is 6.20. The highest BCUT2D eigenvalue weighted by molar-refractivity contribution is 7.99. The summed E-state index contributed by atoms with van der Waals surface area (Å²) in [7, 11) is 0. The molecule has 1 heterocycles. The molecule has 1 atom stereocenters. The zero-order valence-corrected chi connectivity index (χ0v) is 17.7. The summed E-state index contributed by atoms with van der Waals surface area (Å²) in [5.41, 5.74) is 4.26. The van der Waals surface area contributed by atoms with Crippen LogP contribution in [0, 0.1) is 13.8 Å². The summed E-state index contributed by atoms with van der Waals surface area (Å²) in [4.78, 5) is 17.6. The van der Waals surface area contributed by atoms with Gasteiger partial charge in [0.05, 0.1) is 5.69 Å². The fourth-order valence-electron chi connectivity index (χ4n) is 3.21. The van der Waals surface area contributed by atoms with Gasteiger partial charge in [-0.05, 0) is 54.8 Å². The Morgan fingerprint density at radius 2 is 1.93 bits per heavy atom. The Labute approximate surface area is 174 Å². The van der Waals surface area contributed by atoms with E-state index in [-0.39, 0.29) is 5.92 Å². The molecular weight excluding hydrogens is 392 g/mol. The van der Waals surface area contributed by atoms with Crippen molar-refractivity contribution in [2.45, 2.75) is 38.0 Å². The van der Waals surface area contributed by atoms with Crippen molar-refractivity contribution >= 4 is 29.5 Å². The number of carboxylic acid groups (broad SMARTS) is 1. The van der Waals surface area contributed by atoms with Gasteiger partial charge in [0.25, 0.3) is 0 Å². The highest BCUT2D eigenvalue weighted by Crippen LogP contribution is 2.28. The number of rotatable bonds is 6. The molecular formula is C22H23ClN2O2S. The first kappa shape index (κ1) is 20.5. The molecule has 2 aromatic carbocycles.